The van der Waals surface area contributed by atoms with Gasteiger partial charge >= 0.3 is 0 Å². The lowest BCUT2D eigenvalue weighted by Crippen LogP contribution is -2.28. The summed E-state index contributed by atoms with van der Waals surface area (Å²) in [5, 5.41) is 8.79. The number of carbonyl (C=O) groups excluding carboxylic acids is 2. The number of rotatable bonds is 0. The average Bonchev–Trinajstić information content (AvgIpc) is 1.80. The highest BCUT2D eigenvalue weighted by molar-refractivity contribution is 6.03. The molecular weight excluding hydrogens is 120 g/mol. The summed E-state index contributed by atoms with van der Waals surface area (Å²) in [5.41, 5.74) is 0. The van der Waals surface area contributed by atoms with E-state index in [1.807, 2.05) is 0 Å². The van der Waals surface area contributed by atoms with E-state index in [-0.39, 0.29) is 18.0 Å². The third-order valence-electron chi connectivity index (χ3n) is 1.44. The Morgan fingerprint density at radius 1 is 1.44 bits per heavy atom. The Balaban J connectivity index is 2.54. The molecule has 1 atom stereocenters. The summed E-state index contributed by atoms with van der Waals surface area (Å²) in [4.78, 5) is 21.0. The minimum atomic E-state index is -0.873. The highest BCUT2D eigenvalue weighted by Gasteiger charge is 2.24. The van der Waals surface area contributed by atoms with E-state index in [4.69, 9.17) is 5.11 Å². The van der Waals surface area contributed by atoms with Crippen molar-refractivity contribution in [2.24, 2.45) is 0 Å². The number of aliphatic hydroxyl groups is 1. The Morgan fingerprint density at radius 3 is 2.56 bits per heavy atom. The summed E-state index contributed by atoms with van der Waals surface area (Å²) in [7, 11) is 0. The van der Waals surface area contributed by atoms with E-state index in [0.29, 0.717) is 12.8 Å². The molecule has 0 unspecified atom stereocenters. The molecule has 0 aromatic carbocycles. The largest absolute Gasteiger partial charge is 0.385 e. The van der Waals surface area contributed by atoms with E-state index in [9.17, 15) is 9.59 Å². The SMILES string of the molecule is O=C1CC[C@H](O)C(=O)C1. The predicted octanol–water partition coefficient (Wildman–Crippen LogP) is -0.331. The molecule has 3 heteroatoms. The zero-order chi connectivity index (χ0) is 6.85. The van der Waals surface area contributed by atoms with Crippen molar-refractivity contribution in [3.8, 4) is 0 Å². The Morgan fingerprint density at radius 2 is 2.11 bits per heavy atom. The molecule has 1 fully saturated rings. The molecule has 1 rings (SSSR count). The molecule has 9 heavy (non-hydrogen) atoms. The van der Waals surface area contributed by atoms with Crippen LogP contribution in [0.5, 0.6) is 0 Å². The van der Waals surface area contributed by atoms with Gasteiger partial charge in [-0.1, -0.05) is 0 Å². The van der Waals surface area contributed by atoms with Crippen LogP contribution in [0.1, 0.15) is 19.3 Å². The zero-order valence-electron chi connectivity index (χ0n) is 4.96. The van der Waals surface area contributed by atoms with E-state index in [1.54, 1.807) is 0 Å². The quantitative estimate of drug-likeness (QED) is 0.454. The molecule has 0 bridgehead atoms. The first-order valence-electron chi connectivity index (χ1n) is 2.92. The number of Topliss-reactive ketones (excluding diaryl/α,β-unsaturated/α-hetero) is 2. The molecule has 0 heterocycles. The summed E-state index contributed by atoms with van der Waals surface area (Å²) in [5.74, 6) is -0.378. The fourth-order valence-electron chi connectivity index (χ4n) is 0.859. The highest BCUT2D eigenvalue weighted by atomic mass is 16.3. The van der Waals surface area contributed by atoms with E-state index in [2.05, 4.69) is 0 Å². The number of hydrogen-bond acceptors (Lipinski definition) is 3. The van der Waals surface area contributed by atoms with Crippen LogP contribution in [-0.4, -0.2) is 22.8 Å². The summed E-state index contributed by atoms with van der Waals surface area (Å²) in [6.45, 7) is 0. The molecule has 0 spiro atoms. The van der Waals surface area contributed by atoms with Gasteiger partial charge in [0.05, 0.1) is 6.42 Å². The minimum absolute atomic E-state index is 0.0506. The summed E-state index contributed by atoms with van der Waals surface area (Å²) < 4.78 is 0. The molecule has 0 radical (unpaired) electrons. The molecule has 0 aromatic heterocycles. The van der Waals surface area contributed by atoms with Crippen LogP contribution in [-0.2, 0) is 9.59 Å². The lowest BCUT2D eigenvalue weighted by molar-refractivity contribution is -0.136. The van der Waals surface area contributed by atoms with Crippen molar-refractivity contribution >= 4 is 11.6 Å². The Bertz CT molecular complexity index is 150. The van der Waals surface area contributed by atoms with Gasteiger partial charge < -0.3 is 5.11 Å². The van der Waals surface area contributed by atoms with Gasteiger partial charge in [-0.05, 0) is 6.42 Å². The van der Waals surface area contributed by atoms with Crippen molar-refractivity contribution in [2.45, 2.75) is 25.4 Å². The first-order chi connectivity index (χ1) is 4.20. The Labute approximate surface area is 52.7 Å². The average molecular weight is 128 g/mol. The van der Waals surface area contributed by atoms with Gasteiger partial charge in [-0.15, -0.1) is 0 Å². The van der Waals surface area contributed by atoms with E-state index < -0.39 is 6.10 Å². The van der Waals surface area contributed by atoms with Crippen molar-refractivity contribution in [1.82, 2.24) is 0 Å². The molecule has 1 aliphatic rings. The molecule has 50 valence electrons. The molecular formula is C6H8O3. The lowest BCUT2D eigenvalue weighted by Gasteiger charge is -2.12. The van der Waals surface area contributed by atoms with E-state index >= 15 is 0 Å². The summed E-state index contributed by atoms with van der Waals surface area (Å²) in [6.07, 6.45) is -0.270. The Hall–Kier alpha value is -0.700. The van der Waals surface area contributed by atoms with Gasteiger partial charge in [-0.25, -0.2) is 0 Å². The minimum Gasteiger partial charge on any atom is -0.385 e. The van der Waals surface area contributed by atoms with Crippen molar-refractivity contribution in [1.29, 1.82) is 0 Å². The molecule has 0 amide bonds. The molecule has 0 aromatic rings. The topological polar surface area (TPSA) is 54.4 Å². The maximum Gasteiger partial charge on any atom is 0.168 e. The number of ketones is 2. The van der Waals surface area contributed by atoms with Crippen LogP contribution < -0.4 is 0 Å². The van der Waals surface area contributed by atoms with Crippen LogP contribution >= 0.6 is 0 Å². The second kappa shape index (κ2) is 2.27. The van der Waals surface area contributed by atoms with Gasteiger partial charge in [0.1, 0.15) is 11.9 Å². The lowest BCUT2D eigenvalue weighted by atomic mass is 9.95. The molecule has 0 aliphatic heterocycles. The number of hydrogen-bond donors (Lipinski definition) is 1. The fourth-order valence-corrected chi connectivity index (χ4v) is 0.859. The van der Waals surface area contributed by atoms with Crippen molar-refractivity contribution in [2.75, 3.05) is 0 Å². The summed E-state index contributed by atoms with van der Waals surface area (Å²) in [6, 6.07) is 0. The molecule has 0 saturated heterocycles. The van der Waals surface area contributed by atoms with Crippen LogP contribution in [0.25, 0.3) is 0 Å². The molecule has 1 N–H and O–H groups in total. The third kappa shape index (κ3) is 1.36. The number of aliphatic hydroxyl groups excluding tert-OH is 1. The normalized spacial score (nSPS) is 28.8. The van der Waals surface area contributed by atoms with Gasteiger partial charge in [-0.3, -0.25) is 9.59 Å². The van der Waals surface area contributed by atoms with Crippen LogP contribution in [0.4, 0.5) is 0 Å². The predicted molar refractivity (Wildman–Crippen MR) is 29.9 cm³/mol. The van der Waals surface area contributed by atoms with Crippen molar-refractivity contribution < 1.29 is 14.7 Å². The first-order valence-corrected chi connectivity index (χ1v) is 2.92. The first kappa shape index (κ1) is 6.42. The van der Waals surface area contributed by atoms with Crippen LogP contribution in [0, 0.1) is 0 Å². The second-order valence-electron chi connectivity index (χ2n) is 2.24. The highest BCUT2D eigenvalue weighted by Crippen LogP contribution is 2.10. The summed E-state index contributed by atoms with van der Waals surface area (Å²) >= 11 is 0. The van der Waals surface area contributed by atoms with Gasteiger partial charge in [0, 0.05) is 6.42 Å². The monoisotopic (exact) mass is 128 g/mol. The molecule has 1 saturated carbocycles. The second-order valence-corrected chi connectivity index (χ2v) is 2.24. The van der Waals surface area contributed by atoms with E-state index in [1.165, 1.54) is 0 Å². The Kier molecular flexibility index (Phi) is 1.62. The van der Waals surface area contributed by atoms with Gasteiger partial charge in [0.15, 0.2) is 5.78 Å². The maximum absolute atomic E-state index is 10.5. The van der Waals surface area contributed by atoms with Crippen molar-refractivity contribution in [3.63, 3.8) is 0 Å². The molecule has 3 nitrogen and oxygen atoms in total. The van der Waals surface area contributed by atoms with Crippen molar-refractivity contribution in [3.05, 3.63) is 0 Å². The molecule has 1 aliphatic carbocycles. The van der Waals surface area contributed by atoms with Crippen LogP contribution in [0.3, 0.4) is 0 Å². The smallest absolute Gasteiger partial charge is 0.168 e. The number of carbonyl (C=O) groups is 2. The van der Waals surface area contributed by atoms with Crippen LogP contribution in [0.2, 0.25) is 0 Å². The van der Waals surface area contributed by atoms with Gasteiger partial charge in [0.25, 0.3) is 0 Å². The third-order valence-corrected chi connectivity index (χ3v) is 1.44. The standard InChI is InChI=1S/C6H8O3/c7-4-1-2-5(8)6(9)3-4/h5,8H,1-3H2/t5-/m0/s1. The zero-order valence-corrected chi connectivity index (χ0v) is 4.96. The van der Waals surface area contributed by atoms with Crippen LogP contribution in [0.15, 0.2) is 0 Å². The fraction of sp³-hybridized carbons (Fsp3) is 0.667. The maximum atomic E-state index is 10.5. The van der Waals surface area contributed by atoms with E-state index in [0.717, 1.165) is 0 Å². The van der Waals surface area contributed by atoms with Gasteiger partial charge in [-0.2, -0.15) is 0 Å². The van der Waals surface area contributed by atoms with Gasteiger partial charge in [0.2, 0.25) is 0 Å².